The molecule has 11 rings (SSSR count). The van der Waals surface area contributed by atoms with Gasteiger partial charge in [-0.05, 0) is 101 Å². The Kier molecular flexibility index (Phi) is 7.35. The SMILES string of the molecule is N#Cc1cccc2c(-c3ccc(-c4nc(-c5ccccc5)nc(-c5ccccc5-c5ccc(C67C[C@H]8C[C@@H](C6)C[C@@H](C7)C8)cc5)n4)cc3)cccc12. The van der Waals surface area contributed by atoms with Crippen LogP contribution in [-0.4, -0.2) is 15.0 Å². The first-order valence-electron chi connectivity index (χ1n) is 18.7. The van der Waals surface area contributed by atoms with E-state index in [2.05, 4.69) is 103 Å². The first kappa shape index (κ1) is 30.9. The molecule has 6 aromatic carbocycles. The van der Waals surface area contributed by atoms with Gasteiger partial charge in [-0.15, -0.1) is 0 Å². The molecule has 7 aromatic rings. The molecule has 4 aliphatic carbocycles. The van der Waals surface area contributed by atoms with Crippen LogP contribution in [-0.2, 0) is 5.41 Å². The van der Waals surface area contributed by atoms with Crippen molar-refractivity contribution in [2.45, 2.75) is 43.9 Å². The average Bonchev–Trinajstić information content (AvgIpc) is 3.20. The highest BCUT2D eigenvalue weighted by atomic mass is 15.0. The molecule has 250 valence electrons. The van der Waals surface area contributed by atoms with E-state index in [1.807, 2.05) is 42.5 Å². The number of hydrogen-bond acceptors (Lipinski definition) is 4. The zero-order valence-corrected chi connectivity index (χ0v) is 29.0. The van der Waals surface area contributed by atoms with Crippen LogP contribution in [0.5, 0.6) is 0 Å². The third-order valence-corrected chi connectivity index (χ3v) is 12.2. The molecule has 4 aliphatic rings. The van der Waals surface area contributed by atoms with Crippen molar-refractivity contribution < 1.29 is 0 Å². The van der Waals surface area contributed by atoms with E-state index in [4.69, 9.17) is 15.0 Å². The fraction of sp³-hybridized carbons (Fsp3) is 0.208. The zero-order chi connectivity index (χ0) is 34.6. The first-order valence-corrected chi connectivity index (χ1v) is 18.7. The fourth-order valence-electron chi connectivity index (χ4n) is 10.2. The second-order valence-corrected chi connectivity index (χ2v) is 15.4. The van der Waals surface area contributed by atoms with Gasteiger partial charge in [0.05, 0.1) is 11.6 Å². The van der Waals surface area contributed by atoms with Gasteiger partial charge in [-0.3, -0.25) is 0 Å². The van der Waals surface area contributed by atoms with Crippen LogP contribution in [0.1, 0.15) is 49.7 Å². The highest BCUT2D eigenvalue weighted by Crippen LogP contribution is 2.60. The van der Waals surface area contributed by atoms with E-state index in [9.17, 15) is 5.26 Å². The number of nitriles is 1. The minimum absolute atomic E-state index is 0.378. The maximum Gasteiger partial charge on any atom is 0.164 e. The van der Waals surface area contributed by atoms with E-state index in [0.29, 0.717) is 28.5 Å². The quantitative estimate of drug-likeness (QED) is 0.177. The molecule has 52 heavy (non-hydrogen) atoms. The van der Waals surface area contributed by atoms with Gasteiger partial charge in [-0.25, -0.2) is 15.0 Å². The Bertz CT molecular complexity index is 2460. The average molecular weight is 671 g/mol. The molecule has 0 atom stereocenters. The van der Waals surface area contributed by atoms with Gasteiger partial charge in [0.15, 0.2) is 17.5 Å². The highest BCUT2D eigenvalue weighted by molar-refractivity contribution is 5.99. The van der Waals surface area contributed by atoms with E-state index in [1.54, 1.807) is 5.56 Å². The van der Waals surface area contributed by atoms with Gasteiger partial charge in [0, 0.05) is 22.1 Å². The molecule has 4 bridgehead atoms. The molecule has 1 aromatic heterocycles. The molecule has 4 fully saturated rings. The first-order chi connectivity index (χ1) is 25.6. The summed E-state index contributed by atoms with van der Waals surface area (Å²) in [6, 6.07) is 51.0. The molecular formula is C48H38N4. The second kappa shape index (κ2) is 12.4. The Labute approximate surface area is 304 Å². The normalized spacial score (nSPS) is 21.6. The number of hydrogen-bond donors (Lipinski definition) is 0. The molecular weight excluding hydrogens is 633 g/mol. The highest BCUT2D eigenvalue weighted by Gasteiger charge is 2.51. The van der Waals surface area contributed by atoms with E-state index in [-0.39, 0.29) is 0 Å². The van der Waals surface area contributed by atoms with Gasteiger partial charge in [-0.1, -0.05) is 133 Å². The van der Waals surface area contributed by atoms with Gasteiger partial charge in [0.1, 0.15) is 0 Å². The minimum Gasteiger partial charge on any atom is -0.208 e. The number of benzene rings is 6. The number of fused-ring (bicyclic) bond motifs is 1. The summed E-state index contributed by atoms with van der Waals surface area (Å²) in [5.74, 6) is 4.72. The molecule has 4 heteroatoms. The molecule has 4 saturated carbocycles. The molecule has 0 N–H and O–H groups in total. The molecule has 0 radical (unpaired) electrons. The lowest BCUT2D eigenvalue weighted by molar-refractivity contribution is -0.00518. The van der Waals surface area contributed by atoms with Crippen LogP contribution in [0, 0.1) is 29.1 Å². The third-order valence-electron chi connectivity index (χ3n) is 12.2. The van der Waals surface area contributed by atoms with Gasteiger partial charge in [-0.2, -0.15) is 5.26 Å². The lowest BCUT2D eigenvalue weighted by Gasteiger charge is -2.57. The number of aromatic nitrogens is 3. The Hall–Kier alpha value is -5.92. The van der Waals surface area contributed by atoms with Crippen LogP contribution in [0.2, 0.25) is 0 Å². The summed E-state index contributed by atoms with van der Waals surface area (Å²) in [5, 5.41) is 11.7. The lowest BCUT2D eigenvalue weighted by atomic mass is 9.48. The van der Waals surface area contributed by atoms with Crippen LogP contribution in [0.4, 0.5) is 0 Å². The van der Waals surface area contributed by atoms with Crippen LogP contribution in [0.3, 0.4) is 0 Å². The Morgan fingerprint density at radius 2 is 0.942 bits per heavy atom. The van der Waals surface area contributed by atoms with Crippen LogP contribution in [0.15, 0.2) is 140 Å². The second-order valence-electron chi connectivity index (χ2n) is 15.4. The summed E-state index contributed by atoms with van der Waals surface area (Å²) in [4.78, 5) is 15.3. The predicted molar refractivity (Wildman–Crippen MR) is 209 cm³/mol. The molecule has 0 spiro atoms. The number of nitrogens with zero attached hydrogens (tertiary/aromatic N) is 4. The van der Waals surface area contributed by atoms with Gasteiger partial charge >= 0.3 is 0 Å². The smallest absolute Gasteiger partial charge is 0.164 e. The molecule has 0 unspecified atom stereocenters. The number of rotatable bonds is 6. The monoisotopic (exact) mass is 670 g/mol. The van der Waals surface area contributed by atoms with Gasteiger partial charge in [0.2, 0.25) is 0 Å². The maximum absolute atomic E-state index is 9.68. The van der Waals surface area contributed by atoms with Crippen molar-refractivity contribution in [3.05, 3.63) is 151 Å². The van der Waals surface area contributed by atoms with Crippen molar-refractivity contribution >= 4 is 10.8 Å². The lowest BCUT2D eigenvalue weighted by Crippen LogP contribution is -2.48. The van der Waals surface area contributed by atoms with Crippen molar-refractivity contribution in [3.8, 4) is 62.5 Å². The minimum atomic E-state index is 0.378. The Balaban J connectivity index is 1.03. The van der Waals surface area contributed by atoms with Crippen molar-refractivity contribution in [3.63, 3.8) is 0 Å². The van der Waals surface area contributed by atoms with Gasteiger partial charge < -0.3 is 0 Å². The van der Waals surface area contributed by atoms with Crippen molar-refractivity contribution in [2.24, 2.45) is 17.8 Å². The molecule has 0 saturated heterocycles. The summed E-state index contributed by atoms with van der Waals surface area (Å²) >= 11 is 0. The van der Waals surface area contributed by atoms with E-state index >= 15 is 0 Å². The Morgan fingerprint density at radius 3 is 1.62 bits per heavy atom. The summed E-state index contributed by atoms with van der Waals surface area (Å²) in [5.41, 5.74) is 9.93. The van der Waals surface area contributed by atoms with Crippen molar-refractivity contribution in [1.29, 1.82) is 5.26 Å². The van der Waals surface area contributed by atoms with E-state index in [1.165, 1.54) is 44.1 Å². The summed E-state index contributed by atoms with van der Waals surface area (Å²) in [6.07, 6.45) is 8.49. The van der Waals surface area contributed by atoms with Crippen LogP contribution < -0.4 is 0 Å². The molecule has 1 heterocycles. The zero-order valence-electron chi connectivity index (χ0n) is 29.0. The van der Waals surface area contributed by atoms with Crippen molar-refractivity contribution in [1.82, 2.24) is 15.0 Å². The molecule has 0 amide bonds. The summed E-state index contributed by atoms with van der Waals surface area (Å²) in [7, 11) is 0. The van der Waals surface area contributed by atoms with E-state index in [0.717, 1.165) is 61.9 Å². The standard InChI is InChI=1S/C48H38N4/c49-30-38-10-6-15-43-40(13-7-14-42(38)43)34-16-18-37(19-17-34)46-50-45(36-8-2-1-3-9-36)51-47(52-46)44-12-5-4-11-41(44)35-20-22-39(23-21-35)48-27-31-24-32(28-48)26-33(25-31)29-48/h1-23,31-33H,24-29H2/t31-,32+,33-,48?. The van der Waals surface area contributed by atoms with Gasteiger partial charge in [0.25, 0.3) is 0 Å². The molecule has 0 aliphatic heterocycles. The Morgan fingerprint density at radius 1 is 0.442 bits per heavy atom. The van der Waals surface area contributed by atoms with Crippen LogP contribution in [0.25, 0.3) is 67.2 Å². The summed E-state index contributed by atoms with van der Waals surface area (Å²) < 4.78 is 0. The largest absolute Gasteiger partial charge is 0.208 e. The molecule has 4 nitrogen and oxygen atoms in total. The topological polar surface area (TPSA) is 62.5 Å². The maximum atomic E-state index is 9.68. The third kappa shape index (κ3) is 5.31. The van der Waals surface area contributed by atoms with E-state index < -0.39 is 0 Å². The van der Waals surface area contributed by atoms with Crippen LogP contribution >= 0.6 is 0 Å². The summed E-state index contributed by atoms with van der Waals surface area (Å²) in [6.45, 7) is 0. The van der Waals surface area contributed by atoms with Crippen molar-refractivity contribution in [2.75, 3.05) is 0 Å². The fourth-order valence-corrected chi connectivity index (χ4v) is 10.2. The predicted octanol–water partition coefficient (Wildman–Crippen LogP) is 11.7.